The molecule has 0 radical (unpaired) electrons. The van der Waals surface area contributed by atoms with Gasteiger partial charge >= 0.3 is 5.95 Å². The molecule has 0 aliphatic carbocycles. The summed E-state index contributed by atoms with van der Waals surface area (Å²) in [6, 6.07) is 6.90. The summed E-state index contributed by atoms with van der Waals surface area (Å²) in [5.41, 5.74) is 1.94. The number of nitrogens with zero attached hydrogens (tertiary/aromatic N) is 2. The molecule has 0 amide bonds. The molecule has 0 spiro atoms. The Labute approximate surface area is 119 Å². The fraction of sp³-hybridized carbons (Fsp3) is 0.133. The molecule has 0 bridgehead atoms. The van der Waals surface area contributed by atoms with Crippen molar-refractivity contribution in [2.75, 3.05) is 5.32 Å². The molecular formula is C15H12F2N3O+. The molecule has 1 aromatic carbocycles. The van der Waals surface area contributed by atoms with Gasteiger partial charge in [0.25, 0.3) is 0 Å². The van der Waals surface area contributed by atoms with Crippen molar-refractivity contribution < 1.29 is 13.5 Å². The van der Waals surface area contributed by atoms with E-state index in [1.54, 1.807) is 25.1 Å². The first-order valence-corrected chi connectivity index (χ1v) is 6.40. The average molecular weight is 288 g/mol. The van der Waals surface area contributed by atoms with Crippen LogP contribution in [0.4, 0.5) is 20.3 Å². The van der Waals surface area contributed by atoms with Gasteiger partial charge in [0.15, 0.2) is 0 Å². The number of nitroso groups, excluding NO2 is 1. The summed E-state index contributed by atoms with van der Waals surface area (Å²) in [6.45, 7) is 1.63. The second-order valence-corrected chi connectivity index (χ2v) is 4.80. The highest BCUT2D eigenvalue weighted by atomic mass is 19.1. The van der Waals surface area contributed by atoms with Crippen molar-refractivity contribution in [3.8, 4) is 0 Å². The Morgan fingerprint density at radius 1 is 1.24 bits per heavy atom. The normalized spacial score (nSPS) is 17.2. The number of hydrogen-bond acceptors (Lipinski definition) is 3. The first kappa shape index (κ1) is 13.4. The van der Waals surface area contributed by atoms with Crippen LogP contribution in [0.25, 0.3) is 6.08 Å². The van der Waals surface area contributed by atoms with Crippen molar-refractivity contribution in [3.05, 3.63) is 64.3 Å². The van der Waals surface area contributed by atoms with Crippen molar-refractivity contribution in [2.24, 2.45) is 0 Å². The SMILES string of the molecule is CC1c2cc(Nc3ccc(F)cc3)ncc2C=C(F)[N+]1=O. The Morgan fingerprint density at radius 2 is 1.95 bits per heavy atom. The summed E-state index contributed by atoms with van der Waals surface area (Å²) in [5, 5.41) is 3.02. The number of fused-ring (bicyclic) bond motifs is 1. The molecule has 3 rings (SSSR count). The summed E-state index contributed by atoms with van der Waals surface area (Å²) in [5.74, 6) is -0.637. The second kappa shape index (κ2) is 5.05. The minimum Gasteiger partial charge on any atom is -0.340 e. The zero-order valence-corrected chi connectivity index (χ0v) is 11.2. The van der Waals surface area contributed by atoms with Gasteiger partial charge in [-0.1, -0.05) is 0 Å². The molecule has 4 nitrogen and oxygen atoms in total. The number of aromatic nitrogens is 1. The lowest BCUT2D eigenvalue weighted by molar-refractivity contribution is -0.558. The van der Waals surface area contributed by atoms with E-state index in [0.717, 1.165) is 6.08 Å². The molecule has 2 heterocycles. The van der Waals surface area contributed by atoms with E-state index in [1.807, 2.05) is 0 Å². The van der Waals surface area contributed by atoms with Gasteiger partial charge < -0.3 is 5.32 Å². The van der Waals surface area contributed by atoms with Crippen molar-refractivity contribution in [3.63, 3.8) is 0 Å². The average Bonchev–Trinajstić information content (AvgIpc) is 2.48. The van der Waals surface area contributed by atoms with Gasteiger partial charge in [-0.15, -0.1) is 4.39 Å². The van der Waals surface area contributed by atoms with Gasteiger partial charge in [-0.2, -0.15) is 0 Å². The molecule has 1 aromatic heterocycles. The van der Waals surface area contributed by atoms with Gasteiger partial charge in [0.05, 0.1) is 10.8 Å². The molecule has 1 aliphatic heterocycles. The highest BCUT2D eigenvalue weighted by molar-refractivity contribution is 5.62. The maximum Gasteiger partial charge on any atom is 0.408 e. The number of rotatable bonds is 2. The topological polar surface area (TPSA) is 45.0 Å². The highest BCUT2D eigenvalue weighted by Gasteiger charge is 2.34. The number of hydrogen-bond donors (Lipinski definition) is 1. The third kappa shape index (κ3) is 2.52. The largest absolute Gasteiger partial charge is 0.408 e. The molecule has 1 N–H and O–H groups in total. The third-order valence-electron chi connectivity index (χ3n) is 3.37. The fourth-order valence-electron chi connectivity index (χ4n) is 2.22. The number of anilines is 2. The van der Waals surface area contributed by atoms with E-state index < -0.39 is 12.0 Å². The predicted octanol–water partition coefficient (Wildman–Crippen LogP) is 4.09. The Hall–Kier alpha value is -2.63. The first-order valence-electron chi connectivity index (χ1n) is 6.40. The Morgan fingerprint density at radius 3 is 2.67 bits per heavy atom. The minimum absolute atomic E-state index is 0.323. The van der Waals surface area contributed by atoms with Crippen LogP contribution in [0, 0.1) is 10.7 Å². The molecule has 0 saturated carbocycles. The summed E-state index contributed by atoms with van der Waals surface area (Å²) < 4.78 is 26.6. The van der Waals surface area contributed by atoms with Gasteiger partial charge in [-0.3, -0.25) is 0 Å². The smallest absolute Gasteiger partial charge is 0.340 e. The lowest BCUT2D eigenvalue weighted by Crippen LogP contribution is -2.16. The number of nitrogens with one attached hydrogen (secondary N) is 1. The monoisotopic (exact) mass is 288 g/mol. The van der Waals surface area contributed by atoms with Crippen LogP contribution in [-0.2, 0) is 0 Å². The van der Waals surface area contributed by atoms with Crippen LogP contribution in [0.15, 0.2) is 42.5 Å². The second-order valence-electron chi connectivity index (χ2n) is 4.80. The predicted molar refractivity (Wildman–Crippen MR) is 75.0 cm³/mol. The quantitative estimate of drug-likeness (QED) is 0.669. The Kier molecular flexibility index (Phi) is 3.21. The van der Waals surface area contributed by atoms with Crippen LogP contribution < -0.4 is 5.32 Å². The Bertz CT molecular complexity index is 741. The van der Waals surface area contributed by atoms with E-state index in [4.69, 9.17) is 0 Å². The minimum atomic E-state index is -0.823. The molecule has 0 fully saturated rings. The Balaban J connectivity index is 1.93. The third-order valence-corrected chi connectivity index (χ3v) is 3.37. The van der Waals surface area contributed by atoms with E-state index in [0.29, 0.717) is 27.4 Å². The van der Waals surface area contributed by atoms with Crippen LogP contribution in [0.1, 0.15) is 24.1 Å². The van der Waals surface area contributed by atoms with Crippen LogP contribution in [-0.4, -0.2) is 9.74 Å². The maximum absolute atomic E-state index is 13.4. The van der Waals surface area contributed by atoms with E-state index in [-0.39, 0.29) is 5.82 Å². The van der Waals surface area contributed by atoms with E-state index in [1.165, 1.54) is 18.3 Å². The summed E-state index contributed by atoms with van der Waals surface area (Å²) in [7, 11) is 0. The van der Waals surface area contributed by atoms with Crippen LogP contribution in [0.2, 0.25) is 0 Å². The molecule has 0 saturated heterocycles. The molecule has 2 aromatic rings. The van der Waals surface area contributed by atoms with Crippen molar-refractivity contribution in [2.45, 2.75) is 13.0 Å². The van der Waals surface area contributed by atoms with Gasteiger partial charge in [-0.25, -0.2) is 9.37 Å². The molecule has 106 valence electrons. The molecule has 21 heavy (non-hydrogen) atoms. The molecular weight excluding hydrogens is 276 g/mol. The van der Waals surface area contributed by atoms with Crippen molar-refractivity contribution in [1.82, 2.24) is 4.98 Å². The number of halogens is 2. The van der Waals surface area contributed by atoms with Crippen molar-refractivity contribution in [1.29, 1.82) is 0 Å². The van der Waals surface area contributed by atoms with Gasteiger partial charge in [0, 0.05) is 34.8 Å². The summed E-state index contributed by atoms with van der Waals surface area (Å²) in [4.78, 5) is 15.8. The lowest BCUT2D eigenvalue weighted by Gasteiger charge is -2.13. The molecule has 1 atom stereocenters. The van der Waals surface area contributed by atoms with Crippen molar-refractivity contribution >= 4 is 17.6 Å². The first-order chi connectivity index (χ1) is 10.0. The van der Waals surface area contributed by atoms with Gasteiger partial charge in [-0.05, 0) is 30.3 Å². The van der Waals surface area contributed by atoms with Gasteiger partial charge in [0.1, 0.15) is 11.6 Å². The van der Waals surface area contributed by atoms with E-state index in [2.05, 4.69) is 10.3 Å². The van der Waals surface area contributed by atoms with E-state index in [9.17, 15) is 13.7 Å². The fourth-order valence-corrected chi connectivity index (χ4v) is 2.22. The number of benzene rings is 1. The maximum atomic E-state index is 13.4. The zero-order valence-electron chi connectivity index (χ0n) is 11.2. The zero-order chi connectivity index (χ0) is 15.0. The van der Waals surface area contributed by atoms with Gasteiger partial charge in [0.2, 0.25) is 6.04 Å². The van der Waals surface area contributed by atoms with Crippen LogP contribution in [0.5, 0.6) is 0 Å². The number of pyridine rings is 1. The standard InChI is InChI=1S/C15H12F2N3O/c1-9-13-7-15(19-12-4-2-11(16)3-5-12)18-8-10(13)6-14(17)20(9)21/h2-9H,1H3,(H,18,19)/q+1. The van der Waals surface area contributed by atoms with Crippen LogP contribution in [0.3, 0.4) is 0 Å². The summed E-state index contributed by atoms with van der Waals surface area (Å²) >= 11 is 0. The molecule has 1 unspecified atom stereocenters. The van der Waals surface area contributed by atoms with Crippen LogP contribution >= 0.6 is 0 Å². The lowest BCUT2D eigenvalue weighted by atomic mass is 10.0. The van der Waals surface area contributed by atoms with E-state index >= 15 is 0 Å². The summed E-state index contributed by atoms with van der Waals surface area (Å²) in [6.07, 6.45) is 2.67. The molecule has 6 heteroatoms. The molecule has 1 aliphatic rings. The highest BCUT2D eigenvalue weighted by Crippen LogP contribution is 2.32.